The monoisotopic (exact) mass is 371 g/mol. The van der Waals surface area contributed by atoms with Crippen LogP contribution in [0.5, 0.6) is 0 Å². The number of imidazole rings is 1. The number of hydrogen-bond acceptors (Lipinski definition) is 9. The van der Waals surface area contributed by atoms with Crippen LogP contribution in [0.3, 0.4) is 0 Å². The lowest BCUT2D eigenvalue weighted by atomic mass is 10.3. The van der Waals surface area contributed by atoms with Gasteiger partial charge < -0.3 is 4.98 Å². The number of aromatic amines is 1. The maximum Gasteiger partial charge on any atom is 0.271 e. The maximum atomic E-state index is 10.8. The Balaban J connectivity index is 1.65. The molecular weight excluding hydrogens is 362 g/mol. The van der Waals surface area contributed by atoms with E-state index in [1.165, 1.54) is 47.2 Å². The molecule has 11 heteroatoms. The first-order valence-electron chi connectivity index (χ1n) is 5.93. The third-order valence-corrected chi connectivity index (χ3v) is 6.10. The third-order valence-electron chi connectivity index (χ3n) is 2.60. The molecule has 114 valence electrons. The van der Waals surface area contributed by atoms with Crippen LogP contribution in [0, 0.1) is 10.1 Å². The Hall–Kier alpha value is -1.30. The molecule has 7 nitrogen and oxygen atoms in total. The summed E-state index contributed by atoms with van der Waals surface area (Å²) < 4.78 is 5.12. The average molecular weight is 371 g/mol. The molecule has 0 aliphatic heterocycles. The van der Waals surface area contributed by atoms with Crippen molar-refractivity contribution in [2.75, 3.05) is 11.3 Å². The molecule has 0 bridgehead atoms. The number of hydrogen-bond donors (Lipinski definition) is 1. The van der Waals surface area contributed by atoms with E-state index < -0.39 is 4.92 Å². The van der Waals surface area contributed by atoms with E-state index >= 15 is 0 Å². The molecule has 0 aliphatic rings. The normalized spacial score (nSPS) is 11.1. The second kappa shape index (κ2) is 6.86. The minimum Gasteiger partial charge on any atom is -0.333 e. The van der Waals surface area contributed by atoms with Gasteiger partial charge in [-0.05, 0) is 23.9 Å². The van der Waals surface area contributed by atoms with E-state index in [1.807, 2.05) is 6.26 Å². The molecule has 0 saturated carbocycles. The van der Waals surface area contributed by atoms with Crippen molar-refractivity contribution in [2.45, 2.75) is 14.7 Å². The van der Waals surface area contributed by atoms with Gasteiger partial charge in [0.1, 0.15) is 0 Å². The van der Waals surface area contributed by atoms with Crippen molar-refractivity contribution < 1.29 is 4.92 Å². The number of benzene rings is 1. The number of fused-ring (bicyclic) bond motifs is 1. The second-order valence-electron chi connectivity index (χ2n) is 3.95. The summed E-state index contributed by atoms with van der Waals surface area (Å²) in [6, 6.07) is 4.60. The van der Waals surface area contributed by atoms with Crippen molar-refractivity contribution >= 4 is 63.5 Å². The second-order valence-corrected chi connectivity index (χ2v) is 8.03. The summed E-state index contributed by atoms with van der Waals surface area (Å²) in [5, 5.41) is 13.0. The van der Waals surface area contributed by atoms with Crippen molar-refractivity contribution in [2.24, 2.45) is 0 Å². The van der Waals surface area contributed by atoms with Crippen LogP contribution < -0.4 is 0 Å². The van der Waals surface area contributed by atoms with Gasteiger partial charge in [-0.25, -0.2) is 9.97 Å². The van der Waals surface area contributed by atoms with E-state index in [4.69, 9.17) is 0 Å². The first-order chi connectivity index (χ1) is 10.7. The summed E-state index contributed by atoms with van der Waals surface area (Å²) in [6.45, 7) is 0. The van der Waals surface area contributed by atoms with Crippen LogP contribution in [0.25, 0.3) is 11.0 Å². The maximum absolute atomic E-state index is 10.8. The van der Waals surface area contributed by atoms with E-state index in [0.29, 0.717) is 5.52 Å². The number of nitro groups is 1. The zero-order valence-electron chi connectivity index (χ0n) is 11.2. The molecule has 1 aromatic carbocycles. The van der Waals surface area contributed by atoms with Crippen molar-refractivity contribution in [3.8, 4) is 0 Å². The predicted octanol–water partition coefficient (Wildman–Crippen LogP) is 3.89. The lowest BCUT2D eigenvalue weighted by molar-refractivity contribution is -0.384. The number of thioether (sulfide) groups is 3. The molecule has 3 rings (SSSR count). The molecule has 0 saturated heterocycles. The van der Waals surface area contributed by atoms with Crippen LogP contribution in [0.15, 0.2) is 32.9 Å². The smallest absolute Gasteiger partial charge is 0.271 e. The Morgan fingerprint density at radius 3 is 2.95 bits per heavy atom. The van der Waals surface area contributed by atoms with Gasteiger partial charge in [0, 0.05) is 12.1 Å². The fraction of sp³-hybridized carbons (Fsp3) is 0.182. The molecule has 1 N–H and O–H groups in total. The molecule has 0 atom stereocenters. The highest BCUT2D eigenvalue weighted by molar-refractivity contribution is 8.16. The Bertz CT molecular complexity index is 818. The van der Waals surface area contributed by atoms with Crippen molar-refractivity contribution in [1.29, 1.82) is 0 Å². The summed E-state index contributed by atoms with van der Waals surface area (Å²) in [7, 11) is 0. The first-order valence-corrected chi connectivity index (χ1v) is 9.90. The number of nitrogens with one attached hydrogen (secondary N) is 1. The lowest BCUT2D eigenvalue weighted by Crippen LogP contribution is -1.86. The number of nitrogens with zero attached hydrogens (tertiary/aromatic N) is 4. The molecule has 0 fully saturated rings. The topological polar surface area (TPSA) is 97.6 Å². The van der Waals surface area contributed by atoms with Crippen molar-refractivity contribution in [3.05, 3.63) is 28.3 Å². The highest BCUT2D eigenvalue weighted by atomic mass is 32.2. The van der Waals surface area contributed by atoms with Gasteiger partial charge in [0.05, 0.1) is 21.0 Å². The zero-order valence-corrected chi connectivity index (χ0v) is 14.4. The van der Waals surface area contributed by atoms with Crippen LogP contribution in [0.1, 0.15) is 0 Å². The predicted molar refractivity (Wildman–Crippen MR) is 91.0 cm³/mol. The molecule has 0 radical (unpaired) electrons. The lowest BCUT2D eigenvalue weighted by Gasteiger charge is -1.93. The Morgan fingerprint density at radius 1 is 1.36 bits per heavy atom. The van der Waals surface area contributed by atoms with E-state index in [9.17, 15) is 10.1 Å². The van der Waals surface area contributed by atoms with Crippen LogP contribution in [-0.2, 0) is 0 Å². The van der Waals surface area contributed by atoms with Crippen LogP contribution in [0.4, 0.5) is 5.69 Å². The van der Waals surface area contributed by atoms with E-state index in [0.717, 1.165) is 25.3 Å². The number of aromatic nitrogens is 4. The van der Waals surface area contributed by atoms with Gasteiger partial charge in [-0.1, -0.05) is 35.3 Å². The van der Waals surface area contributed by atoms with Gasteiger partial charge in [-0.15, -0.1) is 0 Å². The summed E-state index contributed by atoms with van der Waals surface area (Å²) >= 11 is 6.03. The summed E-state index contributed by atoms with van der Waals surface area (Å²) in [5.41, 5.74) is 1.45. The van der Waals surface area contributed by atoms with Gasteiger partial charge in [-0.3, -0.25) is 10.1 Å². The number of H-pyrrole nitrogens is 1. The SMILES string of the molecule is CSc1nsc(SCSc2nc3ccc([N+](=O)[O-])cc3[nH]2)n1. The average Bonchev–Trinajstić information content (AvgIpc) is 3.12. The molecule has 0 amide bonds. The molecule has 0 unspecified atom stereocenters. The molecule has 0 spiro atoms. The minimum atomic E-state index is -0.415. The fourth-order valence-electron chi connectivity index (χ4n) is 1.63. The van der Waals surface area contributed by atoms with Gasteiger partial charge >= 0.3 is 0 Å². The van der Waals surface area contributed by atoms with Crippen LogP contribution >= 0.6 is 46.8 Å². The van der Waals surface area contributed by atoms with Gasteiger partial charge in [0.25, 0.3) is 5.69 Å². The molecule has 0 aliphatic carbocycles. The third kappa shape index (κ3) is 3.54. The number of rotatable bonds is 6. The molecule has 3 aromatic rings. The molecule has 2 aromatic heterocycles. The highest BCUT2D eigenvalue weighted by Gasteiger charge is 2.10. The largest absolute Gasteiger partial charge is 0.333 e. The van der Waals surface area contributed by atoms with Gasteiger partial charge in [-0.2, -0.15) is 4.37 Å². The fourth-order valence-corrected chi connectivity index (χ4v) is 5.00. The number of non-ortho nitro benzene ring substituents is 1. The Kier molecular flexibility index (Phi) is 4.86. The summed E-state index contributed by atoms with van der Waals surface area (Å²) in [4.78, 5) is 22.2. The Labute approximate surface area is 142 Å². The summed E-state index contributed by atoms with van der Waals surface area (Å²) in [5.74, 6) is 0. The van der Waals surface area contributed by atoms with Crippen molar-refractivity contribution in [3.63, 3.8) is 0 Å². The van der Waals surface area contributed by atoms with Crippen molar-refractivity contribution in [1.82, 2.24) is 19.3 Å². The molecular formula is C11H9N5O2S4. The number of nitro benzene ring substituents is 1. The molecule has 22 heavy (non-hydrogen) atoms. The minimum absolute atomic E-state index is 0.0560. The standard InChI is InChI=1S/C11H9N5O2S4/c1-19-10-14-11(22-15-10)21-5-20-9-12-7-3-2-6(16(17)18)4-8(7)13-9/h2-4H,5H2,1H3,(H,12,13). The first kappa shape index (κ1) is 15.6. The van der Waals surface area contributed by atoms with Gasteiger partial charge in [0.2, 0.25) is 5.16 Å². The van der Waals surface area contributed by atoms with Crippen LogP contribution in [0.2, 0.25) is 0 Å². The Morgan fingerprint density at radius 2 is 2.23 bits per heavy atom. The summed E-state index contributed by atoms with van der Waals surface area (Å²) in [6.07, 6.45) is 1.94. The van der Waals surface area contributed by atoms with Gasteiger partial charge in [0.15, 0.2) is 9.50 Å². The van der Waals surface area contributed by atoms with Crippen LogP contribution in [-0.4, -0.2) is 35.6 Å². The quantitative estimate of drug-likeness (QED) is 0.302. The van der Waals surface area contributed by atoms with E-state index in [-0.39, 0.29) is 5.69 Å². The molecule has 2 heterocycles. The zero-order chi connectivity index (χ0) is 15.5. The van der Waals surface area contributed by atoms with E-state index in [1.54, 1.807) is 17.8 Å². The van der Waals surface area contributed by atoms with E-state index in [2.05, 4.69) is 19.3 Å². The highest BCUT2D eigenvalue weighted by Crippen LogP contribution is 2.30.